The highest BCUT2D eigenvalue weighted by molar-refractivity contribution is 5.88. The van der Waals surface area contributed by atoms with E-state index in [-0.39, 0.29) is 30.0 Å². The molecule has 1 aliphatic carbocycles. The van der Waals surface area contributed by atoms with Crippen molar-refractivity contribution in [1.82, 2.24) is 4.90 Å². The third kappa shape index (κ3) is 5.12. The first-order valence-corrected chi connectivity index (χ1v) is 12.3. The maximum absolute atomic E-state index is 14.4. The summed E-state index contributed by atoms with van der Waals surface area (Å²) in [5.41, 5.74) is 2.28. The van der Waals surface area contributed by atoms with Crippen LogP contribution in [0.4, 0.5) is 23.7 Å². The molecule has 188 valence electrons. The van der Waals surface area contributed by atoms with Crippen molar-refractivity contribution in [3.8, 4) is 0 Å². The molecule has 5 rings (SSSR count). The molecule has 3 aromatic rings. The first-order valence-electron chi connectivity index (χ1n) is 12.3. The SMILES string of the molecule is Cc1c(F)cccc1N(Cc1ccc(F)c(F)c1)C(=O)OC1C2CCC1CN(Cc1ccccc1)C2. The minimum atomic E-state index is -0.999. The van der Waals surface area contributed by atoms with Gasteiger partial charge in [0.05, 0.1) is 12.2 Å². The average molecular weight is 495 g/mol. The third-order valence-electron chi connectivity index (χ3n) is 7.38. The molecular weight excluding hydrogens is 465 g/mol. The predicted molar refractivity (Wildman–Crippen MR) is 132 cm³/mol. The van der Waals surface area contributed by atoms with Gasteiger partial charge in [-0.05, 0) is 55.2 Å². The molecule has 1 amide bonds. The van der Waals surface area contributed by atoms with Crippen LogP contribution in [0.2, 0.25) is 0 Å². The molecule has 36 heavy (non-hydrogen) atoms. The molecule has 0 spiro atoms. The van der Waals surface area contributed by atoms with Crippen molar-refractivity contribution in [2.45, 2.75) is 39.0 Å². The van der Waals surface area contributed by atoms with Gasteiger partial charge in [0, 0.05) is 37.0 Å². The number of hydrogen-bond donors (Lipinski definition) is 0. The summed E-state index contributed by atoms with van der Waals surface area (Å²) in [6.07, 6.45) is 1.13. The van der Waals surface area contributed by atoms with E-state index >= 15 is 0 Å². The van der Waals surface area contributed by atoms with Crippen LogP contribution in [-0.2, 0) is 17.8 Å². The Balaban J connectivity index is 1.34. The summed E-state index contributed by atoms with van der Waals surface area (Å²) in [7, 11) is 0. The molecule has 2 fully saturated rings. The molecule has 1 saturated carbocycles. The molecule has 0 aromatic heterocycles. The second-order valence-corrected chi connectivity index (χ2v) is 9.84. The predicted octanol–water partition coefficient (Wildman–Crippen LogP) is 6.47. The van der Waals surface area contributed by atoms with E-state index in [1.165, 1.54) is 28.7 Å². The standard InChI is InChI=1S/C29H29F3N2O2/c1-19-24(30)8-5-9-27(19)34(16-21-10-13-25(31)26(32)14-21)29(35)36-28-22-11-12-23(28)18-33(17-22)15-20-6-3-2-4-7-20/h2-10,13-14,22-23,28H,11-12,15-18H2,1H3. The summed E-state index contributed by atoms with van der Waals surface area (Å²) in [5.74, 6) is -1.98. The van der Waals surface area contributed by atoms with Crippen LogP contribution in [0.5, 0.6) is 0 Å². The van der Waals surface area contributed by atoms with Gasteiger partial charge in [-0.3, -0.25) is 9.80 Å². The number of anilines is 1. The number of hydrogen-bond acceptors (Lipinski definition) is 3. The summed E-state index contributed by atoms with van der Waals surface area (Å²) < 4.78 is 47.8. The molecule has 4 nitrogen and oxygen atoms in total. The Kier molecular flexibility index (Phi) is 7.01. The van der Waals surface area contributed by atoms with Crippen molar-refractivity contribution in [3.05, 3.63) is 101 Å². The summed E-state index contributed by atoms with van der Waals surface area (Å²) in [6, 6.07) is 18.3. The van der Waals surface area contributed by atoms with E-state index in [4.69, 9.17) is 4.74 Å². The van der Waals surface area contributed by atoms with E-state index in [2.05, 4.69) is 17.0 Å². The van der Waals surface area contributed by atoms with Crippen molar-refractivity contribution in [3.63, 3.8) is 0 Å². The van der Waals surface area contributed by atoms with E-state index in [1.807, 2.05) is 18.2 Å². The smallest absolute Gasteiger partial charge is 0.414 e. The Labute approximate surface area is 209 Å². The maximum atomic E-state index is 14.4. The number of piperidine rings is 1. The Morgan fingerprint density at radius 2 is 1.61 bits per heavy atom. The lowest BCUT2D eigenvalue weighted by atomic mass is 9.94. The van der Waals surface area contributed by atoms with Crippen molar-refractivity contribution in [1.29, 1.82) is 0 Å². The lowest BCUT2D eigenvalue weighted by molar-refractivity contribution is -0.0000933. The Morgan fingerprint density at radius 3 is 2.31 bits per heavy atom. The molecule has 0 radical (unpaired) electrons. The number of likely N-dealkylation sites (tertiary alicyclic amines) is 1. The Morgan fingerprint density at radius 1 is 0.889 bits per heavy atom. The van der Waals surface area contributed by atoms with E-state index in [0.29, 0.717) is 11.3 Å². The quantitative estimate of drug-likeness (QED) is 0.394. The molecule has 0 N–H and O–H groups in total. The van der Waals surface area contributed by atoms with Gasteiger partial charge in [0.1, 0.15) is 11.9 Å². The number of fused-ring (bicyclic) bond motifs is 2. The molecule has 1 saturated heterocycles. The van der Waals surface area contributed by atoms with E-state index in [9.17, 15) is 18.0 Å². The zero-order valence-electron chi connectivity index (χ0n) is 20.2. The van der Waals surface area contributed by atoms with Crippen LogP contribution in [0.25, 0.3) is 0 Å². The fourth-order valence-electron chi connectivity index (χ4n) is 5.57. The molecule has 1 aliphatic heterocycles. The van der Waals surface area contributed by atoms with Crippen molar-refractivity contribution in [2.75, 3.05) is 18.0 Å². The average Bonchev–Trinajstić information content (AvgIpc) is 3.09. The van der Waals surface area contributed by atoms with Crippen LogP contribution in [-0.4, -0.2) is 30.2 Å². The zero-order valence-corrected chi connectivity index (χ0v) is 20.2. The number of rotatable bonds is 6. The Hall–Kier alpha value is -3.32. The van der Waals surface area contributed by atoms with Crippen LogP contribution in [0.15, 0.2) is 66.7 Å². The molecule has 2 unspecified atom stereocenters. The van der Waals surface area contributed by atoms with Crippen LogP contribution >= 0.6 is 0 Å². The minimum Gasteiger partial charge on any atom is -0.445 e. The fourth-order valence-corrected chi connectivity index (χ4v) is 5.57. The van der Waals surface area contributed by atoms with Gasteiger partial charge in [-0.1, -0.05) is 42.5 Å². The van der Waals surface area contributed by atoms with Crippen LogP contribution < -0.4 is 4.90 Å². The summed E-state index contributed by atoms with van der Waals surface area (Å²) >= 11 is 0. The molecule has 2 aliphatic rings. The molecule has 3 aromatic carbocycles. The van der Waals surface area contributed by atoms with Gasteiger partial charge >= 0.3 is 6.09 Å². The van der Waals surface area contributed by atoms with E-state index in [1.54, 1.807) is 13.0 Å². The third-order valence-corrected chi connectivity index (χ3v) is 7.38. The van der Waals surface area contributed by atoms with Gasteiger partial charge in [-0.2, -0.15) is 0 Å². The van der Waals surface area contributed by atoms with Gasteiger partial charge in [0.15, 0.2) is 11.6 Å². The monoisotopic (exact) mass is 494 g/mol. The lowest BCUT2D eigenvalue weighted by Gasteiger charge is -2.38. The van der Waals surface area contributed by atoms with Crippen molar-refractivity contribution < 1.29 is 22.7 Å². The largest absolute Gasteiger partial charge is 0.445 e. The number of amides is 1. The topological polar surface area (TPSA) is 32.8 Å². The number of benzene rings is 3. The fraction of sp³-hybridized carbons (Fsp3) is 0.345. The Bertz CT molecular complexity index is 1220. The van der Waals surface area contributed by atoms with Gasteiger partial charge in [-0.25, -0.2) is 18.0 Å². The van der Waals surface area contributed by atoms with Gasteiger partial charge in [0.2, 0.25) is 0 Å². The molecule has 2 bridgehead atoms. The number of carbonyl (C=O) groups is 1. The van der Waals surface area contributed by atoms with Crippen LogP contribution in [0.1, 0.15) is 29.5 Å². The minimum absolute atomic E-state index is 0.0670. The first-order chi connectivity index (χ1) is 17.4. The second-order valence-electron chi connectivity index (χ2n) is 9.84. The van der Waals surface area contributed by atoms with Gasteiger partial charge in [-0.15, -0.1) is 0 Å². The highest BCUT2D eigenvalue weighted by Crippen LogP contribution is 2.40. The van der Waals surface area contributed by atoms with Crippen molar-refractivity contribution in [2.24, 2.45) is 11.8 Å². The number of halogens is 3. The van der Waals surface area contributed by atoms with Gasteiger partial charge < -0.3 is 4.74 Å². The molecule has 1 heterocycles. The van der Waals surface area contributed by atoms with Crippen LogP contribution in [0.3, 0.4) is 0 Å². The highest BCUT2D eigenvalue weighted by atomic mass is 19.2. The normalized spacial score (nSPS) is 21.4. The number of ether oxygens (including phenoxy) is 1. The summed E-state index contributed by atoms with van der Waals surface area (Å²) in [5, 5.41) is 0. The van der Waals surface area contributed by atoms with E-state index in [0.717, 1.165) is 44.6 Å². The summed E-state index contributed by atoms with van der Waals surface area (Å²) in [4.78, 5) is 17.3. The summed E-state index contributed by atoms with van der Waals surface area (Å²) in [6.45, 7) is 4.06. The molecular formula is C29H29F3N2O2. The first kappa shape index (κ1) is 24.4. The molecule has 2 atom stereocenters. The molecule has 7 heteroatoms. The number of nitrogens with zero attached hydrogens (tertiary/aromatic N) is 2. The lowest BCUT2D eigenvalue weighted by Crippen LogP contribution is -2.47. The van der Waals surface area contributed by atoms with Gasteiger partial charge in [0.25, 0.3) is 0 Å². The maximum Gasteiger partial charge on any atom is 0.414 e. The van der Waals surface area contributed by atoms with E-state index < -0.39 is 23.5 Å². The van der Waals surface area contributed by atoms with Crippen molar-refractivity contribution >= 4 is 11.8 Å². The highest BCUT2D eigenvalue weighted by Gasteiger charge is 2.45. The van der Waals surface area contributed by atoms with Crippen LogP contribution in [0, 0.1) is 36.2 Å². The zero-order chi connectivity index (χ0) is 25.2. The second kappa shape index (κ2) is 10.3. The number of carbonyl (C=O) groups excluding carboxylic acids is 1.